The fraction of sp³-hybridized carbons (Fsp3) is 0.480. The number of quaternary nitrogens is 1. The number of hydrogen-bond donors (Lipinski definition) is 0. The lowest BCUT2D eigenvalue weighted by Crippen LogP contribution is -2.60. The van der Waals surface area contributed by atoms with Crippen LogP contribution < -0.4 is 0 Å². The number of halogens is 1. The molecule has 0 aliphatic carbocycles. The Balaban J connectivity index is 1.89. The van der Waals surface area contributed by atoms with Gasteiger partial charge in [0.15, 0.2) is 5.78 Å². The third-order valence-electron chi connectivity index (χ3n) is 6.51. The SMILES string of the molecule is CCC(C(=O)Cc1c(C)cccc1C)[N+]1(Cc2cccc(Cl)c2)CCCCC1. The normalized spacial score (nSPS) is 17.3. The first-order valence-corrected chi connectivity index (χ1v) is 11.0. The molecule has 0 aromatic heterocycles. The van der Waals surface area contributed by atoms with Gasteiger partial charge in [-0.1, -0.05) is 48.9 Å². The van der Waals surface area contributed by atoms with Crippen LogP contribution in [0.2, 0.25) is 5.02 Å². The number of likely N-dealkylation sites (tertiary alicyclic amines) is 1. The first kappa shape index (κ1) is 21.1. The van der Waals surface area contributed by atoms with Gasteiger partial charge >= 0.3 is 0 Å². The molecule has 1 saturated heterocycles. The topological polar surface area (TPSA) is 17.1 Å². The van der Waals surface area contributed by atoms with Crippen LogP contribution in [0.1, 0.15) is 54.9 Å². The van der Waals surface area contributed by atoms with Crippen molar-refractivity contribution in [3.8, 4) is 0 Å². The largest absolute Gasteiger partial charge is 0.311 e. The number of carbonyl (C=O) groups is 1. The highest BCUT2D eigenvalue weighted by molar-refractivity contribution is 6.30. The van der Waals surface area contributed by atoms with E-state index >= 15 is 0 Å². The van der Waals surface area contributed by atoms with E-state index in [1.165, 1.54) is 41.5 Å². The number of ketones is 1. The standard InChI is InChI=1S/C25H33ClNO/c1-4-24(25(28)17-23-19(2)10-8-11-20(23)3)27(14-6-5-7-15-27)18-21-12-9-13-22(26)16-21/h8-13,16,24H,4-7,14-15,17-18H2,1-3H3/q+1. The highest BCUT2D eigenvalue weighted by Crippen LogP contribution is 2.30. The number of piperidine rings is 1. The Morgan fingerprint density at radius 1 is 1.04 bits per heavy atom. The van der Waals surface area contributed by atoms with Crippen LogP contribution >= 0.6 is 11.6 Å². The van der Waals surface area contributed by atoms with Gasteiger partial charge < -0.3 is 4.48 Å². The number of hydrogen-bond acceptors (Lipinski definition) is 1. The first-order valence-electron chi connectivity index (χ1n) is 10.6. The molecule has 0 N–H and O–H groups in total. The average molecular weight is 399 g/mol. The molecule has 3 heteroatoms. The van der Waals surface area contributed by atoms with Crippen molar-refractivity contribution in [1.82, 2.24) is 0 Å². The minimum Gasteiger partial charge on any atom is -0.311 e. The Hall–Kier alpha value is -1.64. The molecule has 2 aromatic rings. The van der Waals surface area contributed by atoms with Gasteiger partial charge in [-0.2, -0.15) is 0 Å². The molecule has 1 heterocycles. The van der Waals surface area contributed by atoms with E-state index in [0.29, 0.717) is 12.2 Å². The van der Waals surface area contributed by atoms with Crippen LogP contribution in [0.4, 0.5) is 0 Å². The van der Waals surface area contributed by atoms with Gasteiger partial charge in [-0.15, -0.1) is 0 Å². The zero-order valence-electron chi connectivity index (χ0n) is 17.5. The molecule has 1 fully saturated rings. The quantitative estimate of drug-likeness (QED) is 0.519. The van der Waals surface area contributed by atoms with Gasteiger partial charge in [0.2, 0.25) is 0 Å². The van der Waals surface area contributed by atoms with E-state index in [4.69, 9.17) is 11.6 Å². The zero-order valence-corrected chi connectivity index (χ0v) is 18.3. The van der Waals surface area contributed by atoms with Gasteiger partial charge in [0.05, 0.1) is 13.1 Å². The van der Waals surface area contributed by atoms with Crippen LogP contribution in [-0.4, -0.2) is 29.4 Å². The lowest BCUT2D eigenvalue weighted by atomic mass is 9.91. The fourth-order valence-electron chi connectivity index (χ4n) is 5.06. The van der Waals surface area contributed by atoms with Gasteiger partial charge in [-0.3, -0.25) is 4.79 Å². The van der Waals surface area contributed by atoms with Crippen molar-refractivity contribution < 1.29 is 9.28 Å². The maximum Gasteiger partial charge on any atom is 0.194 e. The van der Waals surface area contributed by atoms with Crippen molar-refractivity contribution in [1.29, 1.82) is 0 Å². The Labute approximate surface area is 175 Å². The van der Waals surface area contributed by atoms with Crippen molar-refractivity contribution in [2.75, 3.05) is 13.1 Å². The van der Waals surface area contributed by atoms with E-state index in [1.807, 2.05) is 12.1 Å². The van der Waals surface area contributed by atoms with Crippen molar-refractivity contribution >= 4 is 17.4 Å². The van der Waals surface area contributed by atoms with Crippen molar-refractivity contribution in [3.05, 3.63) is 69.7 Å². The molecule has 0 spiro atoms. The smallest absolute Gasteiger partial charge is 0.194 e. The molecular weight excluding hydrogens is 366 g/mol. The lowest BCUT2D eigenvalue weighted by Gasteiger charge is -2.46. The minimum atomic E-state index is 0.0540. The molecule has 2 nitrogen and oxygen atoms in total. The third kappa shape index (κ3) is 4.67. The van der Waals surface area contributed by atoms with Gasteiger partial charge in [0.1, 0.15) is 12.6 Å². The summed E-state index contributed by atoms with van der Waals surface area (Å²) in [7, 11) is 0. The van der Waals surface area contributed by atoms with E-state index in [1.54, 1.807) is 0 Å². The molecule has 1 atom stereocenters. The lowest BCUT2D eigenvalue weighted by molar-refractivity contribution is -0.959. The molecule has 2 aromatic carbocycles. The fourth-order valence-corrected chi connectivity index (χ4v) is 5.27. The molecule has 1 aliphatic heterocycles. The second kappa shape index (κ2) is 9.24. The van der Waals surface area contributed by atoms with E-state index in [2.05, 4.69) is 51.1 Å². The second-order valence-corrected chi connectivity index (χ2v) is 8.89. The van der Waals surface area contributed by atoms with Crippen molar-refractivity contribution in [2.24, 2.45) is 0 Å². The highest BCUT2D eigenvalue weighted by atomic mass is 35.5. The number of nitrogens with zero attached hydrogens (tertiary/aromatic N) is 1. The van der Waals surface area contributed by atoms with Gasteiger partial charge in [-0.05, 0) is 61.9 Å². The molecule has 28 heavy (non-hydrogen) atoms. The van der Waals surface area contributed by atoms with E-state index in [-0.39, 0.29) is 6.04 Å². The summed E-state index contributed by atoms with van der Waals surface area (Å²) in [5, 5.41) is 0.780. The Morgan fingerprint density at radius 2 is 1.68 bits per heavy atom. The summed E-state index contributed by atoms with van der Waals surface area (Å²) in [5.41, 5.74) is 4.91. The average Bonchev–Trinajstić information content (AvgIpc) is 2.66. The van der Waals surface area contributed by atoms with Crippen LogP contribution in [0.3, 0.4) is 0 Å². The summed E-state index contributed by atoms with van der Waals surface area (Å²) in [6.07, 6.45) is 5.12. The molecule has 1 aliphatic rings. The number of aryl methyl sites for hydroxylation is 2. The summed E-state index contributed by atoms with van der Waals surface area (Å²) >= 11 is 6.25. The predicted octanol–water partition coefficient (Wildman–Crippen LogP) is 6.05. The second-order valence-electron chi connectivity index (χ2n) is 8.45. The summed E-state index contributed by atoms with van der Waals surface area (Å²) < 4.78 is 0.889. The van der Waals surface area contributed by atoms with E-state index < -0.39 is 0 Å². The summed E-state index contributed by atoms with van der Waals surface area (Å²) in [5.74, 6) is 0.392. The molecule has 0 saturated carbocycles. The molecule has 150 valence electrons. The summed E-state index contributed by atoms with van der Waals surface area (Å²) in [6.45, 7) is 9.49. The maximum absolute atomic E-state index is 13.6. The first-order chi connectivity index (χ1) is 13.4. The molecular formula is C25H33ClNO+. The summed E-state index contributed by atoms with van der Waals surface area (Å²) in [4.78, 5) is 13.6. The monoisotopic (exact) mass is 398 g/mol. The van der Waals surface area contributed by atoms with E-state index in [9.17, 15) is 4.79 Å². The molecule has 0 bridgehead atoms. The number of rotatable bonds is 7. The Bertz CT molecular complexity index is 803. The van der Waals surface area contributed by atoms with Crippen LogP contribution in [0.15, 0.2) is 42.5 Å². The molecule has 3 rings (SSSR count). The number of carbonyl (C=O) groups excluding carboxylic acids is 1. The van der Waals surface area contributed by atoms with Crippen molar-refractivity contribution in [3.63, 3.8) is 0 Å². The Kier molecular flexibility index (Phi) is 6.95. The Morgan fingerprint density at radius 3 is 2.29 bits per heavy atom. The summed E-state index contributed by atoms with van der Waals surface area (Å²) in [6, 6.07) is 14.5. The van der Waals surface area contributed by atoms with Gasteiger partial charge in [0.25, 0.3) is 0 Å². The number of benzene rings is 2. The van der Waals surface area contributed by atoms with Crippen LogP contribution in [0.25, 0.3) is 0 Å². The maximum atomic E-state index is 13.6. The third-order valence-corrected chi connectivity index (χ3v) is 6.74. The van der Waals surface area contributed by atoms with E-state index in [0.717, 1.165) is 35.6 Å². The molecule has 1 unspecified atom stereocenters. The van der Waals surface area contributed by atoms with Crippen molar-refractivity contribution in [2.45, 2.75) is 65.5 Å². The zero-order chi connectivity index (χ0) is 20.1. The minimum absolute atomic E-state index is 0.0540. The van der Waals surface area contributed by atoms with Gasteiger partial charge in [-0.25, -0.2) is 0 Å². The molecule has 0 radical (unpaired) electrons. The molecule has 0 amide bonds. The van der Waals surface area contributed by atoms with Gasteiger partial charge in [0, 0.05) is 23.4 Å². The number of Topliss-reactive ketones (excluding diaryl/α,β-unsaturated/α-hetero) is 1. The van der Waals surface area contributed by atoms with Crippen LogP contribution in [-0.2, 0) is 17.8 Å². The highest BCUT2D eigenvalue weighted by Gasteiger charge is 2.41. The van der Waals surface area contributed by atoms with Crippen LogP contribution in [0.5, 0.6) is 0 Å². The predicted molar refractivity (Wildman–Crippen MR) is 118 cm³/mol. The van der Waals surface area contributed by atoms with Crippen LogP contribution in [0, 0.1) is 13.8 Å².